The Bertz CT molecular complexity index is 212. The molecule has 0 bridgehead atoms. The molecule has 0 aromatic heterocycles. The van der Waals surface area contributed by atoms with Crippen LogP contribution in [0.3, 0.4) is 0 Å². The van der Waals surface area contributed by atoms with E-state index >= 15 is 0 Å². The molecule has 13 heavy (non-hydrogen) atoms. The van der Waals surface area contributed by atoms with Crippen molar-refractivity contribution in [3.8, 4) is 0 Å². The standard InChI is InChI=1S/C9H15ClN2O/c10-12-6-3-9(4-7-12)2-1-5-11-8(9)13/h1-7H2,(H,11,13). The number of hydrogen-bond donors (Lipinski definition) is 1. The fraction of sp³-hybridized carbons (Fsp3) is 0.889. The third-order valence-electron chi connectivity index (χ3n) is 3.27. The van der Waals surface area contributed by atoms with E-state index in [-0.39, 0.29) is 11.3 Å². The molecule has 3 nitrogen and oxygen atoms in total. The highest BCUT2D eigenvalue weighted by atomic mass is 35.5. The van der Waals surface area contributed by atoms with Gasteiger partial charge in [-0.15, -0.1) is 0 Å². The summed E-state index contributed by atoms with van der Waals surface area (Å²) in [5, 5.41) is 2.96. The van der Waals surface area contributed by atoms with Gasteiger partial charge in [-0.1, -0.05) is 0 Å². The molecule has 2 fully saturated rings. The van der Waals surface area contributed by atoms with Gasteiger partial charge in [0.1, 0.15) is 0 Å². The van der Waals surface area contributed by atoms with Crippen molar-refractivity contribution in [1.82, 2.24) is 9.74 Å². The van der Waals surface area contributed by atoms with Gasteiger partial charge in [-0.05, 0) is 37.5 Å². The van der Waals surface area contributed by atoms with Gasteiger partial charge < -0.3 is 5.32 Å². The van der Waals surface area contributed by atoms with E-state index < -0.39 is 0 Å². The molecule has 0 radical (unpaired) electrons. The Labute approximate surface area is 83.5 Å². The van der Waals surface area contributed by atoms with Gasteiger partial charge in [-0.3, -0.25) is 4.79 Å². The average molecular weight is 203 g/mol. The lowest BCUT2D eigenvalue weighted by molar-refractivity contribution is -0.135. The molecule has 74 valence electrons. The van der Waals surface area contributed by atoms with Crippen molar-refractivity contribution in [3.05, 3.63) is 0 Å². The van der Waals surface area contributed by atoms with E-state index in [1.807, 2.05) is 0 Å². The number of rotatable bonds is 0. The Morgan fingerprint density at radius 2 is 2.00 bits per heavy atom. The van der Waals surface area contributed by atoms with Crippen LogP contribution in [0.4, 0.5) is 0 Å². The zero-order valence-electron chi connectivity index (χ0n) is 7.68. The molecule has 2 heterocycles. The summed E-state index contributed by atoms with van der Waals surface area (Å²) in [6.07, 6.45) is 4.00. The summed E-state index contributed by atoms with van der Waals surface area (Å²) in [4.78, 5) is 11.7. The van der Waals surface area contributed by atoms with Crippen molar-refractivity contribution < 1.29 is 4.79 Å². The van der Waals surface area contributed by atoms with Crippen LogP contribution >= 0.6 is 11.8 Å². The highest BCUT2D eigenvalue weighted by Crippen LogP contribution is 2.38. The minimum absolute atomic E-state index is 0.0797. The maximum atomic E-state index is 11.7. The normalized spacial score (nSPS) is 28.8. The summed E-state index contributed by atoms with van der Waals surface area (Å²) in [6, 6.07) is 0. The Morgan fingerprint density at radius 3 is 2.62 bits per heavy atom. The third kappa shape index (κ3) is 1.67. The largest absolute Gasteiger partial charge is 0.356 e. The molecular weight excluding hydrogens is 188 g/mol. The van der Waals surface area contributed by atoms with Crippen LogP contribution in [0.5, 0.6) is 0 Å². The molecule has 2 aliphatic rings. The number of nitrogens with zero attached hydrogens (tertiary/aromatic N) is 1. The van der Waals surface area contributed by atoms with Gasteiger partial charge >= 0.3 is 0 Å². The zero-order chi connectivity index (χ0) is 9.31. The highest BCUT2D eigenvalue weighted by molar-refractivity contribution is 6.13. The maximum absolute atomic E-state index is 11.7. The minimum atomic E-state index is -0.0797. The highest BCUT2D eigenvalue weighted by Gasteiger charge is 2.42. The van der Waals surface area contributed by atoms with Gasteiger partial charge in [0.15, 0.2) is 0 Å². The Hall–Kier alpha value is -0.280. The van der Waals surface area contributed by atoms with E-state index in [1.54, 1.807) is 4.42 Å². The van der Waals surface area contributed by atoms with Crippen LogP contribution in [0.25, 0.3) is 0 Å². The van der Waals surface area contributed by atoms with E-state index in [1.165, 1.54) is 0 Å². The van der Waals surface area contributed by atoms with Crippen LogP contribution in [-0.4, -0.2) is 30.0 Å². The number of nitrogens with one attached hydrogen (secondary N) is 1. The molecule has 2 aliphatic heterocycles. The van der Waals surface area contributed by atoms with Crippen molar-refractivity contribution in [2.45, 2.75) is 25.7 Å². The first kappa shape index (κ1) is 9.28. The van der Waals surface area contributed by atoms with Crippen LogP contribution < -0.4 is 5.32 Å². The van der Waals surface area contributed by atoms with Crippen molar-refractivity contribution in [1.29, 1.82) is 0 Å². The summed E-state index contributed by atoms with van der Waals surface area (Å²) in [5.74, 6) is 0.253. The Kier molecular flexibility index (Phi) is 2.47. The van der Waals surface area contributed by atoms with E-state index in [2.05, 4.69) is 5.32 Å². The van der Waals surface area contributed by atoms with Crippen molar-refractivity contribution in [3.63, 3.8) is 0 Å². The summed E-state index contributed by atoms with van der Waals surface area (Å²) in [7, 11) is 0. The molecule has 1 spiro atoms. The van der Waals surface area contributed by atoms with E-state index in [9.17, 15) is 4.79 Å². The molecular formula is C9H15ClN2O. The molecule has 2 rings (SSSR count). The SMILES string of the molecule is O=C1NCCCC12CCN(Cl)CC2. The van der Waals surface area contributed by atoms with Gasteiger partial charge in [0, 0.05) is 19.6 Å². The van der Waals surface area contributed by atoms with E-state index in [0.717, 1.165) is 45.3 Å². The number of piperidine rings is 2. The average Bonchev–Trinajstić information content (AvgIpc) is 2.15. The fourth-order valence-electron chi connectivity index (χ4n) is 2.31. The molecule has 0 saturated carbocycles. The Balaban J connectivity index is 2.06. The summed E-state index contributed by atoms with van der Waals surface area (Å²) >= 11 is 5.87. The minimum Gasteiger partial charge on any atom is -0.356 e. The molecule has 0 aromatic rings. The first-order chi connectivity index (χ1) is 6.23. The zero-order valence-corrected chi connectivity index (χ0v) is 8.44. The van der Waals surface area contributed by atoms with Gasteiger partial charge in [-0.2, -0.15) is 0 Å². The van der Waals surface area contributed by atoms with Crippen molar-refractivity contribution in [2.24, 2.45) is 5.41 Å². The molecule has 0 aromatic carbocycles. The predicted molar refractivity (Wildman–Crippen MR) is 51.3 cm³/mol. The molecule has 2 saturated heterocycles. The number of hydrogen-bond acceptors (Lipinski definition) is 2. The first-order valence-corrected chi connectivity index (χ1v) is 5.26. The third-order valence-corrected chi connectivity index (χ3v) is 3.60. The van der Waals surface area contributed by atoms with Crippen LogP contribution in [0, 0.1) is 5.41 Å². The predicted octanol–water partition coefficient (Wildman–Crippen LogP) is 1.13. The van der Waals surface area contributed by atoms with Crippen LogP contribution in [0.1, 0.15) is 25.7 Å². The lowest BCUT2D eigenvalue weighted by atomic mass is 9.73. The molecule has 0 aliphatic carbocycles. The topological polar surface area (TPSA) is 32.3 Å². The van der Waals surface area contributed by atoms with E-state index in [0.29, 0.717) is 0 Å². The van der Waals surface area contributed by atoms with Crippen LogP contribution in [0.15, 0.2) is 0 Å². The van der Waals surface area contributed by atoms with Crippen molar-refractivity contribution in [2.75, 3.05) is 19.6 Å². The van der Waals surface area contributed by atoms with Gasteiger partial charge in [-0.25, -0.2) is 4.42 Å². The van der Waals surface area contributed by atoms with Gasteiger partial charge in [0.25, 0.3) is 0 Å². The lowest BCUT2D eigenvalue weighted by Gasteiger charge is -2.40. The van der Waals surface area contributed by atoms with Gasteiger partial charge in [0.2, 0.25) is 5.91 Å². The molecule has 4 heteroatoms. The monoisotopic (exact) mass is 202 g/mol. The van der Waals surface area contributed by atoms with Gasteiger partial charge in [0.05, 0.1) is 5.41 Å². The number of carbonyl (C=O) groups is 1. The van der Waals surface area contributed by atoms with Crippen LogP contribution in [-0.2, 0) is 4.79 Å². The second-order valence-corrected chi connectivity index (χ2v) is 4.53. The number of carbonyl (C=O) groups excluding carboxylic acids is 1. The summed E-state index contributed by atoms with van der Waals surface area (Å²) in [6.45, 7) is 2.54. The molecule has 1 N–H and O–H groups in total. The second kappa shape index (κ2) is 3.46. The second-order valence-electron chi connectivity index (χ2n) is 4.05. The van der Waals surface area contributed by atoms with E-state index in [4.69, 9.17) is 11.8 Å². The van der Waals surface area contributed by atoms with Crippen LogP contribution in [0.2, 0.25) is 0 Å². The summed E-state index contributed by atoms with van der Waals surface area (Å²) < 4.78 is 1.78. The first-order valence-electron chi connectivity index (χ1n) is 4.92. The molecule has 0 unspecified atom stereocenters. The number of amides is 1. The molecule has 1 amide bonds. The van der Waals surface area contributed by atoms with Crippen molar-refractivity contribution >= 4 is 17.7 Å². The molecule has 0 atom stereocenters. The summed E-state index contributed by atoms with van der Waals surface area (Å²) in [5.41, 5.74) is -0.0797. The maximum Gasteiger partial charge on any atom is 0.226 e. The quantitative estimate of drug-likeness (QED) is 0.598. The fourth-order valence-corrected chi connectivity index (χ4v) is 2.48. The number of halogens is 1. The lowest BCUT2D eigenvalue weighted by Crippen LogP contribution is -2.50. The smallest absolute Gasteiger partial charge is 0.226 e. The Morgan fingerprint density at radius 1 is 1.31 bits per heavy atom.